The van der Waals surface area contributed by atoms with Crippen molar-refractivity contribution in [1.82, 2.24) is 0 Å². The maximum atomic E-state index is 12.2. The molecule has 0 fully saturated rings. The minimum Gasteiger partial charge on any atom is -0.399 e. The van der Waals surface area contributed by atoms with Crippen molar-refractivity contribution in [2.45, 2.75) is 10.6 Å². The smallest absolute Gasteiger partial charge is 0.0991 e. The van der Waals surface area contributed by atoms with Crippen molar-refractivity contribution in [3.8, 4) is 6.07 Å². The predicted molar refractivity (Wildman–Crippen MR) is 77.1 cm³/mol. The highest BCUT2D eigenvalue weighted by atomic mass is 35.5. The number of nitrogens with zero attached hydrogens (tertiary/aromatic N) is 1. The number of rotatable bonds is 3. The second-order valence-corrected chi connectivity index (χ2v) is 5.82. The number of hydrogen-bond acceptors (Lipinski definition) is 3. The minimum absolute atomic E-state index is 0.356. The van der Waals surface area contributed by atoms with E-state index in [0.717, 1.165) is 5.56 Å². The van der Waals surface area contributed by atoms with E-state index >= 15 is 0 Å². The molecule has 3 nitrogen and oxygen atoms in total. The van der Waals surface area contributed by atoms with Gasteiger partial charge in [0.1, 0.15) is 0 Å². The number of benzene rings is 2. The first-order valence-corrected chi connectivity index (χ1v) is 7.22. The molecule has 0 aliphatic rings. The van der Waals surface area contributed by atoms with E-state index in [1.165, 1.54) is 0 Å². The van der Waals surface area contributed by atoms with Crippen LogP contribution in [0.15, 0.2) is 47.4 Å². The Morgan fingerprint density at radius 2 is 1.89 bits per heavy atom. The van der Waals surface area contributed by atoms with Gasteiger partial charge in [0, 0.05) is 5.69 Å². The fourth-order valence-corrected chi connectivity index (χ4v) is 3.20. The van der Waals surface area contributed by atoms with Crippen molar-refractivity contribution >= 4 is 28.1 Å². The fourth-order valence-electron chi connectivity index (χ4n) is 1.61. The van der Waals surface area contributed by atoms with Crippen LogP contribution >= 0.6 is 11.6 Å². The third kappa shape index (κ3) is 3.34. The van der Waals surface area contributed by atoms with E-state index in [1.54, 1.807) is 42.5 Å². The number of nitrogen functional groups attached to an aromatic ring is 1. The Morgan fingerprint density at radius 3 is 2.47 bits per heavy atom. The zero-order chi connectivity index (χ0) is 13.8. The van der Waals surface area contributed by atoms with E-state index in [-0.39, 0.29) is 0 Å². The van der Waals surface area contributed by atoms with E-state index in [1.807, 2.05) is 6.07 Å². The average molecular weight is 291 g/mol. The Kier molecular flexibility index (Phi) is 4.20. The molecule has 0 aliphatic carbocycles. The highest BCUT2D eigenvalue weighted by molar-refractivity contribution is 7.84. The Bertz CT molecular complexity index is 662. The van der Waals surface area contributed by atoms with Crippen LogP contribution < -0.4 is 5.73 Å². The number of hydrogen-bond donors (Lipinski definition) is 1. The molecule has 2 aromatic carbocycles. The van der Waals surface area contributed by atoms with Crippen LogP contribution in [-0.4, -0.2) is 4.21 Å². The van der Waals surface area contributed by atoms with Gasteiger partial charge in [0.15, 0.2) is 0 Å². The number of nitriles is 1. The van der Waals surface area contributed by atoms with Crippen molar-refractivity contribution in [3.63, 3.8) is 0 Å². The molecule has 19 heavy (non-hydrogen) atoms. The average Bonchev–Trinajstić information content (AvgIpc) is 2.39. The Morgan fingerprint density at radius 1 is 1.21 bits per heavy atom. The Balaban J connectivity index is 2.18. The molecule has 0 saturated heterocycles. The van der Waals surface area contributed by atoms with Crippen molar-refractivity contribution in [3.05, 3.63) is 58.6 Å². The van der Waals surface area contributed by atoms with Gasteiger partial charge in [-0.1, -0.05) is 23.7 Å². The Labute approximate surface area is 119 Å². The second kappa shape index (κ2) is 5.87. The van der Waals surface area contributed by atoms with Gasteiger partial charge in [-0.15, -0.1) is 0 Å². The molecule has 2 aromatic rings. The van der Waals surface area contributed by atoms with Crippen LogP contribution in [0.2, 0.25) is 5.02 Å². The van der Waals surface area contributed by atoms with Crippen molar-refractivity contribution in [2.24, 2.45) is 0 Å². The van der Waals surface area contributed by atoms with E-state index in [9.17, 15) is 4.21 Å². The zero-order valence-electron chi connectivity index (χ0n) is 9.97. The summed E-state index contributed by atoms with van der Waals surface area (Å²) < 4.78 is 12.2. The highest BCUT2D eigenvalue weighted by Gasteiger charge is 2.09. The predicted octanol–water partition coefficient (Wildman–Crippen LogP) is 3.10. The summed E-state index contributed by atoms with van der Waals surface area (Å²) in [5, 5.41) is 9.12. The van der Waals surface area contributed by atoms with Gasteiger partial charge >= 0.3 is 0 Å². The van der Waals surface area contributed by atoms with Crippen LogP contribution in [0.3, 0.4) is 0 Å². The summed E-state index contributed by atoms with van der Waals surface area (Å²) in [7, 11) is -1.23. The summed E-state index contributed by atoms with van der Waals surface area (Å²) in [4.78, 5) is 0.570. The number of nitrogens with two attached hydrogens (primary N) is 1. The first kappa shape index (κ1) is 13.6. The second-order valence-electron chi connectivity index (χ2n) is 3.99. The maximum absolute atomic E-state index is 12.2. The van der Waals surface area contributed by atoms with Crippen molar-refractivity contribution in [1.29, 1.82) is 5.26 Å². The molecular weight excluding hydrogens is 280 g/mol. The first-order valence-electron chi connectivity index (χ1n) is 5.52. The number of anilines is 1. The van der Waals surface area contributed by atoms with Crippen LogP contribution in [0.5, 0.6) is 0 Å². The molecule has 0 bridgehead atoms. The molecule has 2 rings (SSSR count). The van der Waals surface area contributed by atoms with E-state index in [0.29, 0.717) is 26.9 Å². The first-order chi connectivity index (χ1) is 9.10. The van der Waals surface area contributed by atoms with Crippen molar-refractivity contribution in [2.75, 3.05) is 5.73 Å². The molecule has 5 heteroatoms. The van der Waals surface area contributed by atoms with Crippen LogP contribution in [0.1, 0.15) is 11.1 Å². The van der Waals surface area contributed by atoms with Gasteiger partial charge in [-0.2, -0.15) is 5.26 Å². The topological polar surface area (TPSA) is 66.9 Å². The summed E-state index contributed by atoms with van der Waals surface area (Å²) in [5.74, 6) is 0.356. The summed E-state index contributed by atoms with van der Waals surface area (Å²) in [5.41, 5.74) is 7.62. The van der Waals surface area contributed by atoms with E-state index < -0.39 is 10.8 Å². The summed E-state index contributed by atoms with van der Waals surface area (Å²) in [6.45, 7) is 0. The van der Waals surface area contributed by atoms with Gasteiger partial charge in [-0.05, 0) is 35.9 Å². The molecule has 0 aromatic heterocycles. The Hall–Kier alpha value is -1.83. The molecule has 1 unspecified atom stereocenters. The number of halogens is 1. The summed E-state index contributed by atoms with van der Waals surface area (Å²) in [6, 6.07) is 14.0. The molecule has 0 saturated carbocycles. The molecule has 0 amide bonds. The summed E-state index contributed by atoms with van der Waals surface area (Å²) >= 11 is 6.02. The third-order valence-corrected chi connectivity index (χ3v) is 4.45. The van der Waals surface area contributed by atoms with Crippen LogP contribution in [-0.2, 0) is 16.6 Å². The lowest BCUT2D eigenvalue weighted by Crippen LogP contribution is -1.98. The van der Waals surface area contributed by atoms with Gasteiger partial charge in [-0.3, -0.25) is 4.21 Å². The molecule has 0 radical (unpaired) electrons. The normalized spacial score (nSPS) is 11.8. The lowest BCUT2D eigenvalue weighted by molar-refractivity contribution is 0.682. The van der Waals surface area contributed by atoms with E-state index in [2.05, 4.69) is 0 Å². The quantitative estimate of drug-likeness (QED) is 0.883. The SMILES string of the molecule is N#Cc1ccc(CS(=O)c2ccc(N)cc2Cl)cc1. The molecule has 2 N–H and O–H groups in total. The molecule has 0 heterocycles. The minimum atomic E-state index is -1.23. The van der Waals surface area contributed by atoms with Crippen LogP contribution in [0.25, 0.3) is 0 Å². The molecule has 0 aliphatic heterocycles. The molecule has 96 valence electrons. The van der Waals surface area contributed by atoms with Gasteiger partial charge in [0.05, 0.1) is 38.1 Å². The van der Waals surface area contributed by atoms with Crippen LogP contribution in [0.4, 0.5) is 5.69 Å². The van der Waals surface area contributed by atoms with Gasteiger partial charge in [0.2, 0.25) is 0 Å². The molecule has 1 atom stereocenters. The fraction of sp³-hybridized carbons (Fsp3) is 0.0714. The third-order valence-electron chi connectivity index (χ3n) is 2.58. The molecular formula is C14H11ClN2OS. The van der Waals surface area contributed by atoms with Gasteiger partial charge < -0.3 is 5.73 Å². The molecule has 0 spiro atoms. The zero-order valence-corrected chi connectivity index (χ0v) is 11.5. The lowest BCUT2D eigenvalue weighted by Gasteiger charge is -2.06. The van der Waals surface area contributed by atoms with Crippen molar-refractivity contribution < 1.29 is 4.21 Å². The van der Waals surface area contributed by atoms with Gasteiger partial charge in [-0.25, -0.2) is 0 Å². The summed E-state index contributed by atoms with van der Waals surface area (Å²) in [6.07, 6.45) is 0. The monoisotopic (exact) mass is 290 g/mol. The largest absolute Gasteiger partial charge is 0.399 e. The standard InChI is InChI=1S/C14H11ClN2OS/c15-13-7-12(17)5-6-14(13)19(18)9-11-3-1-10(8-16)2-4-11/h1-7H,9,17H2. The van der Waals surface area contributed by atoms with Gasteiger partial charge in [0.25, 0.3) is 0 Å². The van der Waals surface area contributed by atoms with Crippen LogP contribution in [0, 0.1) is 11.3 Å². The van der Waals surface area contributed by atoms with E-state index in [4.69, 9.17) is 22.6 Å². The lowest BCUT2D eigenvalue weighted by atomic mass is 10.2. The highest BCUT2D eigenvalue weighted by Crippen LogP contribution is 2.24. The maximum Gasteiger partial charge on any atom is 0.0991 e.